The minimum atomic E-state index is 1.11. The van der Waals surface area contributed by atoms with Crippen LogP contribution in [0.25, 0.3) is 67.1 Å². The number of hydrogen-bond donors (Lipinski definition) is 0. The summed E-state index contributed by atoms with van der Waals surface area (Å²) in [4.78, 5) is 0. The van der Waals surface area contributed by atoms with E-state index in [0.717, 1.165) is 4.47 Å². The molecule has 0 saturated carbocycles. The summed E-state index contributed by atoms with van der Waals surface area (Å²) in [5, 5.41) is 4.98. The zero-order valence-corrected chi connectivity index (χ0v) is 25.0. The van der Waals surface area contributed by atoms with Crippen LogP contribution in [0.2, 0.25) is 0 Å². The summed E-state index contributed by atoms with van der Waals surface area (Å²) >= 11 is 3.91. The first kappa shape index (κ1) is 26.2. The van der Waals surface area contributed by atoms with Gasteiger partial charge in [-0.2, -0.15) is 0 Å². The van der Waals surface area contributed by atoms with Crippen LogP contribution in [-0.4, -0.2) is 0 Å². The molecule has 0 unspecified atom stereocenters. The maximum absolute atomic E-state index is 3.91. The van der Waals surface area contributed by atoms with E-state index in [2.05, 4.69) is 181 Å². The summed E-state index contributed by atoms with van der Waals surface area (Å²) in [7, 11) is 0. The van der Waals surface area contributed by atoms with E-state index in [4.69, 9.17) is 0 Å². The Hall–Kier alpha value is -4.72. The van der Waals surface area contributed by atoms with Gasteiger partial charge in [0.15, 0.2) is 0 Å². The fraction of sp³-hybridized carbons (Fsp3) is 0.0244. The lowest BCUT2D eigenvalue weighted by atomic mass is 9.89. The fourth-order valence-electron chi connectivity index (χ4n) is 5.88. The molecule has 0 spiro atoms. The van der Waals surface area contributed by atoms with E-state index in [1.807, 2.05) is 0 Å². The Bertz CT molecular complexity index is 2070. The van der Waals surface area contributed by atoms with Gasteiger partial charge in [-0.15, -0.1) is 0 Å². The molecule has 0 nitrogen and oxygen atoms in total. The average molecular weight is 602 g/mol. The summed E-state index contributed by atoms with van der Waals surface area (Å²) in [6.45, 7) is 2.18. The van der Waals surface area contributed by atoms with Gasteiger partial charge in [0.05, 0.1) is 0 Å². The Morgan fingerprint density at radius 2 is 1.02 bits per heavy atom. The van der Waals surface area contributed by atoms with Crippen LogP contribution in [0.5, 0.6) is 0 Å². The van der Waals surface area contributed by atoms with E-state index < -0.39 is 0 Å². The van der Waals surface area contributed by atoms with E-state index in [1.54, 1.807) is 0 Å². The third-order valence-electron chi connectivity index (χ3n) is 8.12. The third kappa shape index (κ3) is 4.98. The van der Waals surface area contributed by atoms with Gasteiger partial charge in [-0.3, -0.25) is 0 Å². The van der Waals surface area contributed by atoms with Crippen LogP contribution in [0, 0.1) is 6.92 Å². The molecular weight excluding hydrogens is 572 g/mol. The Balaban J connectivity index is 1.44. The van der Waals surface area contributed by atoms with Crippen molar-refractivity contribution in [3.8, 4) is 33.4 Å². The highest BCUT2D eigenvalue weighted by molar-refractivity contribution is 9.10. The number of benzene rings is 7. The summed E-state index contributed by atoms with van der Waals surface area (Å²) < 4.78 is 1.11. The zero-order chi connectivity index (χ0) is 28.5. The molecule has 7 rings (SSSR count). The first-order valence-corrected chi connectivity index (χ1v) is 15.1. The quantitative estimate of drug-likeness (QED) is 0.136. The highest BCUT2D eigenvalue weighted by Crippen LogP contribution is 2.41. The second-order valence-electron chi connectivity index (χ2n) is 10.7. The minimum absolute atomic E-state index is 1.11. The van der Waals surface area contributed by atoms with E-state index >= 15 is 0 Å². The summed E-state index contributed by atoms with van der Waals surface area (Å²) in [5.74, 6) is 0. The van der Waals surface area contributed by atoms with Crippen molar-refractivity contribution in [3.63, 3.8) is 0 Å². The molecule has 7 aromatic carbocycles. The van der Waals surface area contributed by atoms with Crippen LogP contribution in [-0.2, 0) is 0 Å². The molecule has 42 heavy (non-hydrogen) atoms. The Morgan fingerprint density at radius 3 is 1.71 bits per heavy atom. The predicted molar refractivity (Wildman–Crippen MR) is 186 cm³/mol. The second kappa shape index (κ2) is 11.3. The molecule has 0 saturated heterocycles. The van der Waals surface area contributed by atoms with Gasteiger partial charge in [0.1, 0.15) is 0 Å². The fourth-order valence-corrected chi connectivity index (χ4v) is 6.47. The molecule has 200 valence electrons. The van der Waals surface area contributed by atoms with Crippen LogP contribution in [0.4, 0.5) is 0 Å². The molecule has 0 bridgehead atoms. The average Bonchev–Trinajstić information content (AvgIpc) is 3.05. The summed E-state index contributed by atoms with van der Waals surface area (Å²) in [5.41, 5.74) is 11.0. The SMILES string of the molecule is Cc1ccc(-c2ccccc2)cc1/C=C/c1ccc(-c2ccccc2)c2c1ccc1c(Br)cc(-c3ccccc3)cc12. The smallest absolute Gasteiger partial charge is 0.0260 e. The maximum atomic E-state index is 3.91. The molecule has 0 amide bonds. The monoisotopic (exact) mass is 600 g/mol. The standard InChI is InChI=1S/C41H29Br/c1-28-17-18-34(29-11-5-2-6-12-29)25-33(28)20-19-32-21-22-36(31-15-9-4-10-16-31)41-37(32)23-24-38-39(41)26-35(27-40(38)42)30-13-7-3-8-14-30/h2-27H,1H3/b20-19+. The normalized spacial score (nSPS) is 11.5. The first-order chi connectivity index (χ1) is 20.7. The molecule has 1 heteroatoms. The van der Waals surface area contributed by atoms with Crippen LogP contribution < -0.4 is 0 Å². The molecule has 0 atom stereocenters. The van der Waals surface area contributed by atoms with Crippen molar-refractivity contribution in [2.45, 2.75) is 6.92 Å². The van der Waals surface area contributed by atoms with E-state index in [1.165, 1.54) is 71.6 Å². The number of hydrogen-bond acceptors (Lipinski definition) is 0. The highest BCUT2D eigenvalue weighted by atomic mass is 79.9. The molecule has 0 heterocycles. The van der Waals surface area contributed by atoms with Gasteiger partial charge < -0.3 is 0 Å². The highest BCUT2D eigenvalue weighted by Gasteiger charge is 2.14. The zero-order valence-electron chi connectivity index (χ0n) is 23.4. The van der Waals surface area contributed by atoms with Crippen LogP contribution in [0.3, 0.4) is 0 Å². The molecule has 0 N–H and O–H groups in total. The van der Waals surface area contributed by atoms with Gasteiger partial charge >= 0.3 is 0 Å². The lowest BCUT2D eigenvalue weighted by Gasteiger charge is -2.15. The van der Waals surface area contributed by atoms with Crippen molar-refractivity contribution < 1.29 is 0 Å². The molecule has 0 aliphatic carbocycles. The molecule has 0 aliphatic rings. The van der Waals surface area contributed by atoms with Gasteiger partial charge in [-0.05, 0) is 96.7 Å². The van der Waals surface area contributed by atoms with Crippen LogP contribution in [0.15, 0.2) is 150 Å². The summed E-state index contributed by atoms with van der Waals surface area (Å²) in [6, 6.07) is 52.3. The Morgan fingerprint density at radius 1 is 0.429 bits per heavy atom. The number of rotatable bonds is 5. The van der Waals surface area contributed by atoms with Gasteiger partial charge in [0, 0.05) is 4.47 Å². The minimum Gasteiger partial charge on any atom is -0.0622 e. The maximum Gasteiger partial charge on any atom is 0.0260 e. The van der Waals surface area contributed by atoms with Crippen molar-refractivity contribution in [2.75, 3.05) is 0 Å². The molecule has 0 aromatic heterocycles. The predicted octanol–water partition coefficient (Wildman–Crippen LogP) is 12.2. The number of halogens is 1. The topological polar surface area (TPSA) is 0 Å². The van der Waals surface area contributed by atoms with Gasteiger partial charge in [0.25, 0.3) is 0 Å². The van der Waals surface area contributed by atoms with Gasteiger partial charge in [0.2, 0.25) is 0 Å². The third-order valence-corrected chi connectivity index (χ3v) is 8.77. The molecule has 0 fully saturated rings. The second-order valence-corrected chi connectivity index (χ2v) is 11.6. The van der Waals surface area contributed by atoms with Gasteiger partial charge in [-0.25, -0.2) is 0 Å². The van der Waals surface area contributed by atoms with Crippen LogP contribution >= 0.6 is 15.9 Å². The lowest BCUT2D eigenvalue weighted by molar-refractivity contribution is 1.44. The molecule has 0 aliphatic heterocycles. The molecule has 7 aromatic rings. The summed E-state index contributed by atoms with van der Waals surface area (Å²) in [6.07, 6.45) is 4.54. The van der Waals surface area contributed by atoms with Crippen molar-refractivity contribution in [1.82, 2.24) is 0 Å². The largest absolute Gasteiger partial charge is 0.0622 e. The Labute approximate surface area is 255 Å². The van der Waals surface area contributed by atoms with E-state index in [-0.39, 0.29) is 0 Å². The van der Waals surface area contributed by atoms with E-state index in [0.29, 0.717) is 0 Å². The first-order valence-electron chi connectivity index (χ1n) is 14.3. The van der Waals surface area contributed by atoms with Crippen molar-refractivity contribution in [1.29, 1.82) is 0 Å². The number of fused-ring (bicyclic) bond motifs is 3. The lowest BCUT2D eigenvalue weighted by Crippen LogP contribution is -1.89. The van der Waals surface area contributed by atoms with Crippen molar-refractivity contribution in [3.05, 3.63) is 167 Å². The van der Waals surface area contributed by atoms with Crippen molar-refractivity contribution >= 4 is 49.6 Å². The molecule has 0 radical (unpaired) electrons. The van der Waals surface area contributed by atoms with Crippen molar-refractivity contribution in [2.24, 2.45) is 0 Å². The van der Waals surface area contributed by atoms with Gasteiger partial charge in [-0.1, -0.05) is 155 Å². The van der Waals surface area contributed by atoms with Crippen LogP contribution in [0.1, 0.15) is 16.7 Å². The Kier molecular flexibility index (Phi) is 7.03. The molecular formula is C41H29Br. The number of aryl methyl sites for hydroxylation is 1. The van der Waals surface area contributed by atoms with E-state index in [9.17, 15) is 0 Å².